The maximum Gasteiger partial charge on any atom is 0.164 e. The molecule has 1 unspecified atom stereocenters. The lowest BCUT2D eigenvalue weighted by Gasteiger charge is -2.11. The van der Waals surface area contributed by atoms with Crippen molar-refractivity contribution < 1.29 is 4.57 Å². The van der Waals surface area contributed by atoms with Crippen LogP contribution in [-0.4, -0.2) is 21.6 Å². The number of hydrogen-bond acceptors (Lipinski definition) is 4. The van der Waals surface area contributed by atoms with Crippen molar-refractivity contribution in [2.24, 2.45) is 0 Å². The number of hydrogen-bond donors (Lipinski definition) is 0. The molecule has 6 aromatic carbocycles. The molecule has 0 aliphatic carbocycles. The second kappa shape index (κ2) is 10.9. The Bertz CT molecular complexity index is 2190. The smallest absolute Gasteiger partial charge is 0.164 e. The van der Waals surface area contributed by atoms with E-state index >= 15 is 0 Å². The molecule has 1 aliphatic rings. The molecule has 8 rings (SSSR count). The molecule has 5 heteroatoms. The summed E-state index contributed by atoms with van der Waals surface area (Å²) < 4.78 is 13.6. The molecule has 0 bridgehead atoms. The van der Waals surface area contributed by atoms with Gasteiger partial charge in [-0.15, -0.1) is 0 Å². The first kappa shape index (κ1) is 27.1. The van der Waals surface area contributed by atoms with Gasteiger partial charge in [0.2, 0.25) is 0 Å². The zero-order chi connectivity index (χ0) is 30.4. The summed E-state index contributed by atoms with van der Waals surface area (Å²) in [5, 5.41) is 1.90. The highest BCUT2D eigenvalue weighted by molar-refractivity contribution is 7.79. The largest absolute Gasteiger partial charge is 0.314 e. The fourth-order valence-electron chi connectivity index (χ4n) is 6.13. The first-order valence-corrected chi connectivity index (χ1v) is 17.1. The lowest BCUT2D eigenvalue weighted by atomic mass is 9.96. The highest BCUT2D eigenvalue weighted by Crippen LogP contribution is 2.50. The summed E-state index contributed by atoms with van der Waals surface area (Å²) in [5.41, 5.74) is 9.42. The fraction of sp³-hybridized carbons (Fsp3) is 0.0250. The highest BCUT2D eigenvalue weighted by atomic mass is 31.2. The van der Waals surface area contributed by atoms with Crippen LogP contribution in [0, 0.1) is 0 Å². The molecule has 1 atom stereocenters. The van der Waals surface area contributed by atoms with Gasteiger partial charge in [-0.3, -0.25) is 0 Å². The molecule has 0 fully saturated rings. The molecule has 0 spiro atoms. The minimum absolute atomic E-state index is 0.634. The summed E-state index contributed by atoms with van der Waals surface area (Å²) in [6.45, 7) is 1.88. The topological polar surface area (TPSA) is 55.7 Å². The third-order valence-corrected chi connectivity index (χ3v) is 11.1. The molecule has 0 saturated heterocycles. The minimum atomic E-state index is -2.58. The van der Waals surface area contributed by atoms with Crippen LogP contribution in [-0.2, 0) is 4.57 Å². The van der Waals surface area contributed by atoms with Gasteiger partial charge in [-0.05, 0) is 58.2 Å². The zero-order valence-corrected chi connectivity index (χ0v) is 25.5. The van der Waals surface area contributed by atoms with Crippen molar-refractivity contribution in [1.82, 2.24) is 15.0 Å². The Morgan fingerprint density at radius 1 is 0.378 bits per heavy atom. The number of nitrogens with zero attached hydrogens (tertiary/aromatic N) is 3. The SMILES string of the molecule is CP1(=O)c2ccccc2-c2cc(-c3cccc(-c4ccc(-c5nc(-c6ccccc6)nc(-c6ccccc6)n5)cc4)c3)ccc21. The minimum Gasteiger partial charge on any atom is -0.314 e. The van der Waals surface area contributed by atoms with E-state index in [9.17, 15) is 4.57 Å². The number of rotatable bonds is 5. The van der Waals surface area contributed by atoms with Gasteiger partial charge in [-0.1, -0.05) is 133 Å². The van der Waals surface area contributed by atoms with Gasteiger partial charge in [0.15, 0.2) is 17.5 Å². The Morgan fingerprint density at radius 3 is 1.42 bits per heavy atom. The van der Waals surface area contributed by atoms with Gasteiger partial charge < -0.3 is 4.57 Å². The molecule has 214 valence electrons. The summed E-state index contributed by atoms with van der Waals surface area (Å²) in [4.78, 5) is 14.5. The predicted molar refractivity (Wildman–Crippen MR) is 185 cm³/mol. The van der Waals surface area contributed by atoms with E-state index in [1.807, 2.05) is 85.5 Å². The van der Waals surface area contributed by atoms with Crippen molar-refractivity contribution in [1.29, 1.82) is 0 Å². The van der Waals surface area contributed by atoms with E-state index in [2.05, 4.69) is 72.8 Å². The van der Waals surface area contributed by atoms with Crippen molar-refractivity contribution in [3.8, 4) is 67.5 Å². The van der Waals surface area contributed by atoms with Crippen molar-refractivity contribution in [3.05, 3.63) is 152 Å². The van der Waals surface area contributed by atoms with Crippen molar-refractivity contribution in [2.75, 3.05) is 6.66 Å². The molecule has 0 radical (unpaired) electrons. The Labute approximate surface area is 262 Å². The van der Waals surface area contributed by atoms with Crippen LogP contribution in [0.3, 0.4) is 0 Å². The van der Waals surface area contributed by atoms with Crippen molar-refractivity contribution in [3.63, 3.8) is 0 Å². The molecule has 1 aromatic heterocycles. The number of benzene rings is 6. The van der Waals surface area contributed by atoms with E-state index < -0.39 is 7.14 Å². The second-order valence-electron chi connectivity index (χ2n) is 11.4. The van der Waals surface area contributed by atoms with Gasteiger partial charge in [0, 0.05) is 27.3 Å². The number of aromatic nitrogens is 3. The van der Waals surface area contributed by atoms with Gasteiger partial charge in [-0.2, -0.15) is 0 Å². The summed E-state index contributed by atoms with van der Waals surface area (Å²) >= 11 is 0. The molecule has 45 heavy (non-hydrogen) atoms. The lowest BCUT2D eigenvalue weighted by molar-refractivity contribution is 0.591. The van der Waals surface area contributed by atoms with Crippen LogP contribution in [0.2, 0.25) is 0 Å². The van der Waals surface area contributed by atoms with Gasteiger partial charge in [-0.25, -0.2) is 15.0 Å². The highest BCUT2D eigenvalue weighted by Gasteiger charge is 2.34. The molecular weight excluding hydrogens is 569 g/mol. The Kier molecular flexibility index (Phi) is 6.59. The van der Waals surface area contributed by atoms with Crippen LogP contribution in [0.4, 0.5) is 0 Å². The third kappa shape index (κ3) is 4.90. The van der Waals surface area contributed by atoms with Crippen molar-refractivity contribution >= 4 is 17.8 Å². The van der Waals surface area contributed by atoms with Gasteiger partial charge >= 0.3 is 0 Å². The average molecular weight is 598 g/mol. The zero-order valence-electron chi connectivity index (χ0n) is 24.6. The van der Waals surface area contributed by atoms with Gasteiger partial charge in [0.1, 0.15) is 7.14 Å². The van der Waals surface area contributed by atoms with Crippen LogP contribution < -0.4 is 10.6 Å². The molecule has 0 saturated carbocycles. The van der Waals surface area contributed by atoms with E-state index in [0.29, 0.717) is 17.5 Å². The van der Waals surface area contributed by atoms with E-state index in [1.165, 1.54) is 0 Å². The molecular formula is C40H28N3OP. The normalized spacial score (nSPS) is 15.0. The Balaban J connectivity index is 1.14. The Morgan fingerprint density at radius 2 is 0.800 bits per heavy atom. The monoisotopic (exact) mass is 597 g/mol. The van der Waals surface area contributed by atoms with Gasteiger partial charge in [0.05, 0.1) is 0 Å². The quantitative estimate of drug-likeness (QED) is 0.186. The molecule has 7 aromatic rings. The predicted octanol–water partition coefficient (Wildman–Crippen LogP) is 9.13. The first-order valence-electron chi connectivity index (χ1n) is 14.9. The summed E-state index contributed by atoms with van der Waals surface area (Å²) in [7, 11) is -2.58. The van der Waals surface area contributed by atoms with Crippen LogP contribution in [0.25, 0.3) is 67.5 Å². The maximum atomic E-state index is 13.6. The maximum absolute atomic E-state index is 13.6. The van der Waals surface area contributed by atoms with E-state index in [0.717, 1.165) is 60.7 Å². The summed E-state index contributed by atoms with van der Waals surface area (Å²) in [6, 6.07) is 51.4. The lowest BCUT2D eigenvalue weighted by Crippen LogP contribution is -2.07. The molecule has 4 nitrogen and oxygen atoms in total. The summed E-state index contributed by atoms with van der Waals surface area (Å²) in [6.07, 6.45) is 0. The van der Waals surface area contributed by atoms with Crippen LogP contribution in [0.15, 0.2) is 152 Å². The van der Waals surface area contributed by atoms with Crippen molar-refractivity contribution in [2.45, 2.75) is 0 Å². The van der Waals surface area contributed by atoms with Crippen LogP contribution in [0.1, 0.15) is 0 Å². The fourth-order valence-corrected chi connectivity index (χ4v) is 8.42. The molecule has 0 N–H and O–H groups in total. The molecule has 2 heterocycles. The molecule has 1 aliphatic heterocycles. The average Bonchev–Trinajstić information content (AvgIpc) is 3.34. The van der Waals surface area contributed by atoms with Gasteiger partial charge in [0.25, 0.3) is 0 Å². The third-order valence-electron chi connectivity index (χ3n) is 8.48. The Hall–Kier alpha value is -5.44. The molecule has 0 amide bonds. The van der Waals surface area contributed by atoms with E-state index in [4.69, 9.17) is 15.0 Å². The van der Waals surface area contributed by atoms with Crippen LogP contribution in [0.5, 0.6) is 0 Å². The first-order chi connectivity index (χ1) is 22.0. The second-order valence-corrected chi connectivity index (χ2v) is 14.2. The van der Waals surface area contributed by atoms with Crippen LogP contribution >= 0.6 is 7.14 Å². The van der Waals surface area contributed by atoms with E-state index in [1.54, 1.807) is 0 Å². The number of fused-ring (bicyclic) bond motifs is 3. The standard InChI is InChI=1S/C40H28N3OP/c1-45(44)36-18-9-8-17-34(36)35-26-33(23-24-37(35)45)32-16-10-15-31(25-32)27-19-21-30(22-20-27)40-42-38(28-11-4-2-5-12-28)41-39(43-40)29-13-6-3-7-14-29/h2-26H,1H3. The summed E-state index contributed by atoms with van der Waals surface area (Å²) in [5.74, 6) is 1.93. The van der Waals surface area contributed by atoms with E-state index in [-0.39, 0.29) is 0 Å².